The van der Waals surface area contributed by atoms with Crippen molar-refractivity contribution in [1.29, 1.82) is 0 Å². The number of hydrogen-bond acceptors (Lipinski definition) is 2. The van der Waals surface area contributed by atoms with E-state index in [-0.39, 0.29) is 24.4 Å². The van der Waals surface area contributed by atoms with Gasteiger partial charge in [-0.25, -0.2) is 4.39 Å². The first-order chi connectivity index (χ1) is 11.2. The van der Waals surface area contributed by atoms with Crippen LogP contribution < -0.4 is 5.32 Å². The largest absolute Gasteiger partial charge is 0.396 e. The normalized spacial score (nSPS) is 12.3. The summed E-state index contributed by atoms with van der Waals surface area (Å²) in [6, 6.07) is 15.1. The number of halogens is 1. The SMILES string of the molecule is O=C(NC(CCO)c1ccccc1)c1cc2cc(F)ccc2[nH]1. The number of rotatable bonds is 5. The summed E-state index contributed by atoms with van der Waals surface area (Å²) in [6.07, 6.45) is 0.421. The maximum Gasteiger partial charge on any atom is 0.268 e. The molecular formula is C18H17FN2O2. The average Bonchev–Trinajstić information content (AvgIpc) is 2.98. The fourth-order valence-corrected chi connectivity index (χ4v) is 2.60. The van der Waals surface area contributed by atoms with Crippen molar-refractivity contribution in [2.45, 2.75) is 12.5 Å². The molecule has 0 fully saturated rings. The van der Waals surface area contributed by atoms with E-state index >= 15 is 0 Å². The maximum absolute atomic E-state index is 13.2. The van der Waals surface area contributed by atoms with Gasteiger partial charge in [-0.3, -0.25) is 4.79 Å². The lowest BCUT2D eigenvalue weighted by Crippen LogP contribution is -2.29. The molecule has 0 aliphatic heterocycles. The van der Waals surface area contributed by atoms with Gasteiger partial charge in [-0.1, -0.05) is 30.3 Å². The molecule has 1 heterocycles. The zero-order valence-corrected chi connectivity index (χ0v) is 12.4. The van der Waals surface area contributed by atoms with Crippen LogP contribution in [0.25, 0.3) is 10.9 Å². The van der Waals surface area contributed by atoms with Crippen LogP contribution in [0.5, 0.6) is 0 Å². The fourth-order valence-electron chi connectivity index (χ4n) is 2.60. The highest BCUT2D eigenvalue weighted by molar-refractivity contribution is 5.98. The number of nitrogens with one attached hydrogen (secondary N) is 2. The minimum atomic E-state index is -0.342. The predicted molar refractivity (Wildman–Crippen MR) is 86.6 cm³/mol. The molecule has 0 aliphatic carbocycles. The van der Waals surface area contributed by atoms with Gasteiger partial charge in [-0.15, -0.1) is 0 Å². The number of aromatic amines is 1. The second kappa shape index (κ2) is 6.62. The Morgan fingerprint density at radius 2 is 1.96 bits per heavy atom. The van der Waals surface area contributed by atoms with Gasteiger partial charge < -0.3 is 15.4 Å². The van der Waals surface area contributed by atoms with Gasteiger partial charge in [-0.2, -0.15) is 0 Å². The summed E-state index contributed by atoms with van der Waals surface area (Å²) in [5.74, 6) is -0.630. The Hall–Kier alpha value is -2.66. The van der Waals surface area contributed by atoms with Gasteiger partial charge in [0.05, 0.1) is 6.04 Å². The molecule has 2 aromatic carbocycles. The lowest BCUT2D eigenvalue weighted by atomic mass is 10.0. The summed E-state index contributed by atoms with van der Waals surface area (Å²) in [6.45, 7) is -0.0300. The molecule has 1 aromatic heterocycles. The number of aromatic nitrogens is 1. The first-order valence-corrected chi connectivity index (χ1v) is 7.42. The van der Waals surface area contributed by atoms with E-state index in [9.17, 15) is 14.3 Å². The summed E-state index contributed by atoms with van der Waals surface area (Å²) in [5, 5.41) is 12.8. The van der Waals surface area contributed by atoms with Crippen LogP contribution in [0.2, 0.25) is 0 Å². The minimum Gasteiger partial charge on any atom is -0.396 e. The number of amides is 1. The number of aliphatic hydroxyl groups is 1. The lowest BCUT2D eigenvalue weighted by Gasteiger charge is -2.17. The highest BCUT2D eigenvalue weighted by Gasteiger charge is 2.16. The molecule has 3 aromatic rings. The first-order valence-electron chi connectivity index (χ1n) is 7.42. The van der Waals surface area contributed by atoms with Crippen LogP contribution in [-0.4, -0.2) is 22.6 Å². The summed E-state index contributed by atoms with van der Waals surface area (Å²) < 4.78 is 13.2. The molecule has 3 N–H and O–H groups in total. The third kappa shape index (κ3) is 3.40. The van der Waals surface area contributed by atoms with E-state index in [0.717, 1.165) is 5.56 Å². The molecule has 0 aliphatic rings. The summed E-state index contributed by atoms with van der Waals surface area (Å²) in [4.78, 5) is 15.4. The van der Waals surface area contributed by atoms with Crippen LogP contribution in [0.1, 0.15) is 28.5 Å². The highest BCUT2D eigenvalue weighted by atomic mass is 19.1. The molecule has 0 spiro atoms. The zero-order valence-electron chi connectivity index (χ0n) is 12.4. The molecule has 3 rings (SSSR count). The second-order valence-corrected chi connectivity index (χ2v) is 5.36. The van der Waals surface area contributed by atoms with Gasteiger partial charge in [0.2, 0.25) is 0 Å². The predicted octanol–water partition coefficient (Wildman–Crippen LogP) is 3.16. The van der Waals surface area contributed by atoms with Crippen molar-refractivity contribution in [3.05, 3.63) is 71.7 Å². The first kappa shape index (κ1) is 15.2. The quantitative estimate of drug-likeness (QED) is 0.677. The molecule has 4 nitrogen and oxygen atoms in total. The molecule has 118 valence electrons. The third-order valence-electron chi connectivity index (χ3n) is 3.75. The Kier molecular flexibility index (Phi) is 4.39. The summed E-state index contributed by atoms with van der Waals surface area (Å²) in [5.41, 5.74) is 2.00. The Labute approximate surface area is 133 Å². The van der Waals surface area contributed by atoms with E-state index in [1.54, 1.807) is 12.1 Å². The van der Waals surface area contributed by atoms with Crippen molar-refractivity contribution < 1.29 is 14.3 Å². The van der Waals surface area contributed by atoms with Crippen molar-refractivity contribution in [3.8, 4) is 0 Å². The van der Waals surface area contributed by atoms with Crippen molar-refractivity contribution in [1.82, 2.24) is 10.3 Å². The zero-order chi connectivity index (χ0) is 16.2. The van der Waals surface area contributed by atoms with E-state index in [1.807, 2.05) is 30.3 Å². The highest BCUT2D eigenvalue weighted by Crippen LogP contribution is 2.19. The summed E-state index contributed by atoms with van der Waals surface area (Å²) >= 11 is 0. The van der Waals surface area contributed by atoms with Gasteiger partial charge in [0.1, 0.15) is 11.5 Å². The average molecular weight is 312 g/mol. The van der Waals surface area contributed by atoms with Crippen molar-refractivity contribution >= 4 is 16.8 Å². The molecule has 1 atom stereocenters. The Morgan fingerprint density at radius 1 is 1.17 bits per heavy atom. The van der Waals surface area contributed by atoms with E-state index in [4.69, 9.17) is 0 Å². The molecule has 1 unspecified atom stereocenters. The van der Waals surface area contributed by atoms with Gasteiger partial charge in [0.25, 0.3) is 5.91 Å². The number of benzene rings is 2. The van der Waals surface area contributed by atoms with Crippen LogP contribution in [0, 0.1) is 5.82 Å². The van der Waals surface area contributed by atoms with Gasteiger partial charge in [0, 0.05) is 17.5 Å². The van der Waals surface area contributed by atoms with E-state index in [1.165, 1.54) is 12.1 Å². The molecule has 0 bridgehead atoms. The molecular weight excluding hydrogens is 295 g/mol. The number of hydrogen-bond donors (Lipinski definition) is 3. The molecule has 5 heteroatoms. The molecule has 23 heavy (non-hydrogen) atoms. The number of aliphatic hydroxyl groups excluding tert-OH is 1. The monoisotopic (exact) mass is 312 g/mol. The third-order valence-corrected chi connectivity index (χ3v) is 3.75. The number of fused-ring (bicyclic) bond motifs is 1. The topological polar surface area (TPSA) is 65.1 Å². The Bertz CT molecular complexity index is 814. The van der Waals surface area contributed by atoms with Crippen LogP contribution in [-0.2, 0) is 0 Å². The van der Waals surface area contributed by atoms with Crippen molar-refractivity contribution in [2.24, 2.45) is 0 Å². The number of carbonyl (C=O) groups excluding carboxylic acids is 1. The fraction of sp³-hybridized carbons (Fsp3) is 0.167. The molecule has 0 saturated carbocycles. The molecule has 1 amide bonds. The van der Waals surface area contributed by atoms with Crippen molar-refractivity contribution in [2.75, 3.05) is 6.61 Å². The van der Waals surface area contributed by atoms with E-state index in [2.05, 4.69) is 10.3 Å². The minimum absolute atomic E-state index is 0.0300. The van der Waals surface area contributed by atoms with Crippen LogP contribution in [0.15, 0.2) is 54.6 Å². The summed E-state index contributed by atoms with van der Waals surface area (Å²) in [7, 11) is 0. The Morgan fingerprint density at radius 3 is 2.70 bits per heavy atom. The van der Waals surface area contributed by atoms with Crippen LogP contribution in [0.4, 0.5) is 4.39 Å². The van der Waals surface area contributed by atoms with Gasteiger partial charge in [0.15, 0.2) is 0 Å². The van der Waals surface area contributed by atoms with Crippen LogP contribution in [0.3, 0.4) is 0 Å². The maximum atomic E-state index is 13.2. The second-order valence-electron chi connectivity index (χ2n) is 5.36. The van der Waals surface area contributed by atoms with Gasteiger partial charge in [-0.05, 0) is 36.2 Å². The molecule has 0 radical (unpaired) electrons. The molecule has 0 saturated heterocycles. The van der Waals surface area contributed by atoms with E-state index < -0.39 is 0 Å². The number of carbonyl (C=O) groups is 1. The van der Waals surface area contributed by atoms with Crippen molar-refractivity contribution in [3.63, 3.8) is 0 Å². The number of H-pyrrole nitrogens is 1. The Balaban J connectivity index is 1.83. The van der Waals surface area contributed by atoms with Crippen LogP contribution >= 0.6 is 0 Å². The standard InChI is InChI=1S/C18H17FN2O2/c19-14-6-7-15-13(10-14)11-17(20-15)18(23)21-16(8-9-22)12-4-2-1-3-5-12/h1-7,10-11,16,20,22H,8-9H2,(H,21,23). The van der Waals surface area contributed by atoms with Gasteiger partial charge >= 0.3 is 0 Å². The smallest absolute Gasteiger partial charge is 0.268 e. The lowest BCUT2D eigenvalue weighted by molar-refractivity contribution is 0.0925. The van der Waals surface area contributed by atoms with E-state index in [0.29, 0.717) is 23.0 Å².